The van der Waals surface area contributed by atoms with Crippen LogP contribution in [-0.4, -0.2) is 37.5 Å². The number of benzene rings is 2. The summed E-state index contributed by atoms with van der Waals surface area (Å²) in [4.78, 5) is 30.5. The molecule has 2 aromatic heterocycles. The molecule has 32 heavy (non-hydrogen) atoms. The van der Waals surface area contributed by atoms with E-state index in [1.54, 1.807) is 15.6 Å². The number of amides is 2. The maximum absolute atomic E-state index is 13.0. The number of carbonyl (C=O) groups excluding carboxylic acids is 2. The molecule has 1 atom stereocenters. The topological polar surface area (TPSA) is 83.0 Å². The number of nitrogens with one attached hydrogen (secondary N) is 2. The van der Waals surface area contributed by atoms with E-state index in [4.69, 9.17) is 0 Å². The van der Waals surface area contributed by atoms with E-state index in [9.17, 15) is 9.59 Å². The number of aryl methyl sites for hydroxylation is 1. The van der Waals surface area contributed by atoms with E-state index in [1.165, 1.54) is 5.56 Å². The lowest BCUT2D eigenvalue weighted by Crippen LogP contribution is -2.41. The van der Waals surface area contributed by atoms with Crippen LogP contribution < -0.4 is 5.32 Å². The molecule has 2 N–H and O–H groups in total. The van der Waals surface area contributed by atoms with Gasteiger partial charge >= 0.3 is 0 Å². The molecule has 1 saturated heterocycles. The number of anilines is 1. The minimum Gasteiger partial charge on any atom is -0.361 e. The maximum Gasteiger partial charge on any atom is 0.248 e. The predicted octanol–water partition coefficient (Wildman–Crippen LogP) is 3.85. The highest BCUT2D eigenvalue weighted by Gasteiger charge is 2.36. The largest absolute Gasteiger partial charge is 0.361 e. The second-order valence-electron chi connectivity index (χ2n) is 8.31. The Kier molecular flexibility index (Phi) is 5.23. The maximum atomic E-state index is 13.0. The van der Waals surface area contributed by atoms with Crippen molar-refractivity contribution in [2.24, 2.45) is 0 Å². The van der Waals surface area contributed by atoms with Gasteiger partial charge in [-0.05, 0) is 30.5 Å². The molecular weight excluding hydrogens is 402 g/mol. The molecule has 0 aliphatic carbocycles. The molecule has 7 heteroatoms. The van der Waals surface area contributed by atoms with Gasteiger partial charge in [0.15, 0.2) is 5.82 Å². The SMILES string of the molecule is Cc1ccc(Cn2ccc(NC(=O)C3CCC(=O)N3Cc3c[nH]c4ccccc34)n2)cc1. The van der Waals surface area contributed by atoms with Gasteiger partial charge in [0, 0.05) is 42.3 Å². The average Bonchev–Trinajstić information content (AvgIpc) is 3.50. The fourth-order valence-corrected chi connectivity index (χ4v) is 4.26. The number of para-hydroxylation sites is 1. The molecule has 162 valence electrons. The summed E-state index contributed by atoms with van der Waals surface area (Å²) in [7, 11) is 0. The Balaban J connectivity index is 1.27. The molecule has 0 spiro atoms. The van der Waals surface area contributed by atoms with Crippen LogP contribution in [0.4, 0.5) is 5.82 Å². The highest BCUT2D eigenvalue weighted by molar-refractivity contribution is 5.98. The van der Waals surface area contributed by atoms with Crippen LogP contribution in [0.3, 0.4) is 0 Å². The van der Waals surface area contributed by atoms with Gasteiger partial charge in [0.05, 0.1) is 6.54 Å². The van der Waals surface area contributed by atoms with Crippen molar-refractivity contribution in [2.75, 3.05) is 5.32 Å². The number of carbonyl (C=O) groups is 2. The number of rotatable bonds is 6. The normalized spacial score (nSPS) is 16.1. The van der Waals surface area contributed by atoms with Gasteiger partial charge in [-0.3, -0.25) is 14.3 Å². The predicted molar refractivity (Wildman–Crippen MR) is 123 cm³/mol. The number of nitrogens with zero attached hydrogens (tertiary/aromatic N) is 3. The molecule has 0 bridgehead atoms. The van der Waals surface area contributed by atoms with Crippen LogP contribution in [0, 0.1) is 6.92 Å². The number of hydrogen-bond donors (Lipinski definition) is 2. The molecule has 1 fully saturated rings. The number of H-pyrrole nitrogens is 1. The number of fused-ring (bicyclic) bond motifs is 1. The van der Waals surface area contributed by atoms with Crippen molar-refractivity contribution >= 4 is 28.5 Å². The van der Waals surface area contributed by atoms with Gasteiger partial charge in [0.2, 0.25) is 11.8 Å². The van der Waals surface area contributed by atoms with Crippen LogP contribution in [0.1, 0.15) is 29.5 Å². The molecule has 0 radical (unpaired) electrons. The second-order valence-corrected chi connectivity index (χ2v) is 8.31. The molecule has 1 unspecified atom stereocenters. The summed E-state index contributed by atoms with van der Waals surface area (Å²) in [5, 5.41) is 8.44. The van der Waals surface area contributed by atoms with Gasteiger partial charge in [0.1, 0.15) is 6.04 Å². The Morgan fingerprint density at radius 2 is 1.94 bits per heavy atom. The molecule has 7 nitrogen and oxygen atoms in total. The molecule has 0 saturated carbocycles. The lowest BCUT2D eigenvalue weighted by atomic mass is 10.1. The Labute approximate surface area is 186 Å². The summed E-state index contributed by atoms with van der Waals surface area (Å²) in [5.41, 5.74) is 4.39. The Hall–Kier alpha value is -3.87. The lowest BCUT2D eigenvalue weighted by Gasteiger charge is -2.23. The van der Waals surface area contributed by atoms with Crippen molar-refractivity contribution in [3.05, 3.63) is 83.7 Å². The van der Waals surface area contributed by atoms with Gasteiger partial charge < -0.3 is 15.2 Å². The molecular formula is C25H25N5O2. The third-order valence-corrected chi connectivity index (χ3v) is 6.00. The molecule has 2 aromatic carbocycles. The van der Waals surface area contributed by atoms with Crippen molar-refractivity contribution in [1.29, 1.82) is 0 Å². The first-order valence-electron chi connectivity index (χ1n) is 10.8. The van der Waals surface area contributed by atoms with E-state index in [-0.39, 0.29) is 11.8 Å². The van der Waals surface area contributed by atoms with Crippen molar-refractivity contribution in [3.63, 3.8) is 0 Å². The molecule has 4 aromatic rings. The lowest BCUT2D eigenvalue weighted by molar-refractivity contribution is -0.133. The Morgan fingerprint density at radius 1 is 1.12 bits per heavy atom. The minimum atomic E-state index is -0.501. The average molecular weight is 428 g/mol. The zero-order valence-electron chi connectivity index (χ0n) is 17.9. The summed E-state index contributed by atoms with van der Waals surface area (Å²) in [6, 6.07) is 17.5. The number of hydrogen-bond acceptors (Lipinski definition) is 3. The van der Waals surface area contributed by atoms with Crippen molar-refractivity contribution in [3.8, 4) is 0 Å². The van der Waals surface area contributed by atoms with Crippen LogP contribution in [0.5, 0.6) is 0 Å². The summed E-state index contributed by atoms with van der Waals surface area (Å²) < 4.78 is 1.80. The summed E-state index contributed by atoms with van der Waals surface area (Å²) >= 11 is 0. The standard InChI is InChI=1S/C25H25N5O2/c1-17-6-8-18(9-7-17)15-29-13-12-23(28-29)27-25(32)22-10-11-24(31)30(22)16-19-14-26-21-5-3-2-4-20(19)21/h2-9,12-14,22,26H,10-11,15-16H2,1H3,(H,27,28,32). The number of aromatic amines is 1. The minimum absolute atomic E-state index is 0.000307. The smallest absolute Gasteiger partial charge is 0.248 e. The zero-order chi connectivity index (χ0) is 22.1. The van der Waals surface area contributed by atoms with Crippen molar-refractivity contribution in [1.82, 2.24) is 19.7 Å². The molecule has 2 amide bonds. The van der Waals surface area contributed by atoms with Crippen molar-refractivity contribution < 1.29 is 9.59 Å². The molecule has 5 rings (SSSR count). The molecule has 1 aliphatic heterocycles. The molecule has 1 aliphatic rings. The van der Waals surface area contributed by atoms with E-state index in [0.29, 0.717) is 31.7 Å². The highest BCUT2D eigenvalue weighted by Crippen LogP contribution is 2.26. The van der Waals surface area contributed by atoms with Crippen LogP contribution in [0.2, 0.25) is 0 Å². The van der Waals surface area contributed by atoms with E-state index < -0.39 is 6.04 Å². The summed E-state index contributed by atoms with van der Waals surface area (Å²) in [6.07, 6.45) is 4.65. The van der Waals surface area contributed by atoms with E-state index in [2.05, 4.69) is 46.6 Å². The zero-order valence-corrected chi connectivity index (χ0v) is 17.9. The van der Waals surface area contributed by atoms with E-state index in [0.717, 1.165) is 22.0 Å². The fourth-order valence-electron chi connectivity index (χ4n) is 4.26. The van der Waals surface area contributed by atoms with Gasteiger partial charge in [-0.25, -0.2) is 0 Å². The second kappa shape index (κ2) is 8.34. The Morgan fingerprint density at radius 3 is 2.78 bits per heavy atom. The number of aromatic nitrogens is 3. The first-order chi connectivity index (χ1) is 15.6. The van der Waals surface area contributed by atoms with Gasteiger partial charge in [-0.15, -0.1) is 0 Å². The van der Waals surface area contributed by atoms with Crippen molar-refractivity contribution in [2.45, 2.75) is 38.9 Å². The third-order valence-electron chi connectivity index (χ3n) is 6.00. The van der Waals surface area contributed by atoms with E-state index in [1.807, 2.05) is 36.7 Å². The molecule has 3 heterocycles. The van der Waals surface area contributed by atoms with Gasteiger partial charge in [-0.1, -0.05) is 48.0 Å². The quantitative estimate of drug-likeness (QED) is 0.490. The van der Waals surface area contributed by atoms with Crippen LogP contribution >= 0.6 is 0 Å². The van der Waals surface area contributed by atoms with Crippen LogP contribution in [0.25, 0.3) is 10.9 Å². The first kappa shape index (κ1) is 20.1. The highest BCUT2D eigenvalue weighted by atomic mass is 16.2. The number of likely N-dealkylation sites (tertiary alicyclic amines) is 1. The summed E-state index contributed by atoms with van der Waals surface area (Å²) in [5.74, 6) is 0.296. The van der Waals surface area contributed by atoms with Gasteiger partial charge in [-0.2, -0.15) is 5.10 Å². The first-order valence-corrected chi connectivity index (χ1v) is 10.8. The van der Waals surface area contributed by atoms with Gasteiger partial charge in [0.25, 0.3) is 0 Å². The van der Waals surface area contributed by atoms with Crippen LogP contribution in [-0.2, 0) is 22.7 Å². The van der Waals surface area contributed by atoms with E-state index >= 15 is 0 Å². The third kappa shape index (κ3) is 4.01. The van der Waals surface area contributed by atoms with Crippen LogP contribution in [0.15, 0.2) is 67.0 Å². The fraction of sp³-hybridized carbons (Fsp3) is 0.240. The summed E-state index contributed by atoms with van der Waals surface area (Å²) in [6.45, 7) is 3.09. The monoisotopic (exact) mass is 427 g/mol. The Bertz CT molecular complexity index is 1270.